The molecule has 0 saturated carbocycles. The molecule has 5 heteroatoms. The Bertz CT molecular complexity index is 588. The van der Waals surface area contributed by atoms with E-state index >= 15 is 0 Å². The maximum Gasteiger partial charge on any atom is 0.221 e. The van der Waals surface area contributed by atoms with Crippen LogP contribution in [0.2, 0.25) is 0 Å². The molecule has 0 bridgehead atoms. The lowest BCUT2D eigenvalue weighted by atomic mass is 10.2. The van der Waals surface area contributed by atoms with Crippen molar-refractivity contribution in [3.63, 3.8) is 0 Å². The van der Waals surface area contributed by atoms with Gasteiger partial charge in [0.05, 0.1) is 11.0 Å². The molecule has 0 aliphatic carbocycles. The summed E-state index contributed by atoms with van der Waals surface area (Å²) in [6.45, 7) is 5.92. The number of amides is 1. The molecule has 1 amide bonds. The van der Waals surface area contributed by atoms with Crippen LogP contribution in [0.3, 0.4) is 0 Å². The molecule has 0 saturated heterocycles. The van der Waals surface area contributed by atoms with Crippen molar-refractivity contribution in [3.05, 3.63) is 29.6 Å². The van der Waals surface area contributed by atoms with Crippen molar-refractivity contribution in [3.8, 4) is 0 Å². The normalized spacial score (nSPS) is 10.9. The molecule has 5 nitrogen and oxygen atoms in total. The molecule has 1 aromatic carbocycles. The SMILES string of the molecule is CCn1c(C)nc2cc(CNC(=O)CCN)ccc21. The molecule has 1 heterocycles. The largest absolute Gasteiger partial charge is 0.352 e. The Morgan fingerprint density at radius 2 is 2.26 bits per heavy atom. The third-order valence-electron chi connectivity index (χ3n) is 3.18. The van der Waals surface area contributed by atoms with Gasteiger partial charge in [-0.2, -0.15) is 0 Å². The topological polar surface area (TPSA) is 72.9 Å². The van der Waals surface area contributed by atoms with Crippen molar-refractivity contribution in [1.82, 2.24) is 14.9 Å². The molecule has 2 aromatic rings. The third kappa shape index (κ3) is 2.93. The Morgan fingerprint density at radius 3 is 2.95 bits per heavy atom. The fraction of sp³-hybridized carbons (Fsp3) is 0.429. The Kier molecular flexibility index (Phi) is 4.16. The summed E-state index contributed by atoms with van der Waals surface area (Å²) in [6, 6.07) is 6.11. The first-order chi connectivity index (χ1) is 9.15. The van der Waals surface area contributed by atoms with Crippen LogP contribution in [-0.2, 0) is 17.9 Å². The van der Waals surface area contributed by atoms with Crippen molar-refractivity contribution >= 4 is 16.9 Å². The molecule has 0 aliphatic heterocycles. The molecule has 1 aromatic heterocycles. The molecule has 19 heavy (non-hydrogen) atoms. The number of nitrogens with two attached hydrogens (primary N) is 1. The summed E-state index contributed by atoms with van der Waals surface area (Å²) in [7, 11) is 0. The number of hydrogen-bond acceptors (Lipinski definition) is 3. The number of aromatic nitrogens is 2. The molecule has 102 valence electrons. The number of carbonyl (C=O) groups is 1. The lowest BCUT2D eigenvalue weighted by molar-refractivity contribution is -0.121. The fourth-order valence-corrected chi connectivity index (χ4v) is 2.23. The maximum absolute atomic E-state index is 11.4. The lowest BCUT2D eigenvalue weighted by Gasteiger charge is -2.05. The quantitative estimate of drug-likeness (QED) is 0.851. The average molecular weight is 260 g/mol. The number of carbonyl (C=O) groups excluding carboxylic acids is 1. The van der Waals surface area contributed by atoms with Gasteiger partial charge in [-0.15, -0.1) is 0 Å². The highest BCUT2D eigenvalue weighted by molar-refractivity contribution is 5.78. The summed E-state index contributed by atoms with van der Waals surface area (Å²) in [6.07, 6.45) is 0.367. The Balaban J connectivity index is 2.16. The summed E-state index contributed by atoms with van der Waals surface area (Å²) < 4.78 is 2.17. The highest BCUT2D eigenvalue weighted by Crippen LogP contribution is 2.17. The number of benzene rings is 1. The lowest BCUT2D eigenvalue weighted by Crippen LogP contribution is -2.24. The van der Waals surface area contributed by atoms with Crippen LogP contribution < -0.4 is 11.1 Å². The van der Waals surface area contributed by atoms with Crippen LogP contribution in [0, 0.1) is 6.92 Å². The summed E-state index contributed by atoms with van der Waals surface area (Å²) in [5.41, 5.74) is 8.50. The second kappa shape index (κ2) is 5.84. The van der Waals surface area contributed by atoms with E-state index in [0.717, 1.165) is 29.0 Å². The maximum atomic E-state index is 11.4. The first-order valence-electron chi connectivity index (χ1n) is 6.58. The Hall–Kier alpha value is -1.88. The predicted molar refractivity (Wildman–Crippen MR) is 75.7 cm³/mol. The first kappa shape index (κ1) is 13.5. The number of nitrogens with zero attached hydrogens (tertiary/aromatic N) is 2. The monoisotopic (exact) mass is 260 g/mol. The van der Waals surface area contributed by atoms with Gasteiger partial charge in [0.2, 0.25) is 5.91 Å². The molecule has 2 rings (SSSR count). The van der Waals surface area contributed by atoms with Gasteiger partial charge in [-0.25, -0.2) is 4.98 Å². The fourth-order valence-electron chi connectivity index (χ4n) is 2.23. The van der Waals surface area contributed by atoms with Crippen molar-refractivity contribution < 1.29 is 4.79 Å². The number of hydrogen-bond donors (Lipinski definition) is 2. The zero-order chi connectivity index (χ0) is 13.8. The van der Waals surface area contributed by atoms with Crippen molar-refractivity contribution in [2.45, 2.75) is 33.4 Å². The molecular weight excluding hydrogens is 240 g/mol. The van der Waals surface area contributed by atoms with Crippen LogP contribution in [0.5, 0.6) is 0 Å². The summed E-state index contributed by atoms with van der Waals surface area (Å²) in [5.74, 6) is 1.000. The van der Waals surface area contributed by atoms with Crippen LogP contribution in [0.15, 0.2) is 18.2 Å². The minimum Gasteiger partial charge on any atom is -0.352 e. The molecule has 0 radical (unpaired) electrons. The molecule has 0 aliphatic rings. The van der Waals surface area contributed by atoms with E-state index in [9.17, 15) is 4.79 Å². The van der Waals surface area contributed by atoms with Crippen molar-refractivity contribution in [1.29, 1.82) is 0 Å². The van der Waals surface area contributed by atoms with E-state index in [1.165, 1.54) is 0 Å². The number of nitrogens with one attached hydrogen (secondary N) is 1. The summed E-state index contributed by atoms with van der Waals surface area (Å²) in [4.78, 5) is 15.9. The Labute approximate surface area is 112 Å². The molecule has 0 atom stereocenters. The number of aryl methyl sites for hydroxylation is 2. The van der Waals surface area contributed by atoms with E-state index in [1.54, 1.807) is 0 Å². The second-order valence-electron chi connectivity index (χ2n) is 4.54. The van der Waals surface area contributed by atoms with Crippen LogP contribution in [0.4, 0.5) is 0 Å². The van der Waals surface area contributed by atoms with Gasteiger partial charge >= 0.3 is 0 Å². The average Bonchev–Trinajstić information content (AvgIpc) is 2.71. The second-order valence-corrected chi connectivity index (χ2v) is 4.54. The number of fused-ring (bicyclic) bond motifs is 1. The van der Waals surface area contributed by atoms with Crippen LogP contribution in [-0.4, -0.2) is 22.0 Å². The molecular formula is C14H20N4O. The van der Waals surface area contributed by atoms with Crippen LogP contribution in [0.1, 0.15) is 24.7 Å². The summed E-state index contributed by atoms with van der Waals surface area (Å²) in [5, 5.41) is 2.85. The van der Waals surface area contributed by atoms with E-state index in [-0.39, 0.29) is 5.91 Å². The zero-order valence-electron chi connectivity index (χ0n) is 11.4. The van der Waals surface area contributed by atoms with Gasteiger partial charge in [0.25, 0.3) is 0 Å². The molecule has 0 fully saturated rings. The van der Waals surface area contributed by atoms with Gasteiger partial charge in [-0.3, -0.25) is 4.79 Å². The predicted octanol–water partition coefficient (Wildman–Crippen LogP) is 1.33. The molecule has 0 unspecified atom stereocenters. The van der Waals surface area contributed by atoms with E-state index in [4.69, 9.17) is 5.73 Å². The minimum absolute atomic E-state index is 0.0159. The Morgan fingerprint density at radius 1 is 1.47 bits per heavy atom. The zero-order valence-corrected chi connectivity index (χ0v) is 11.4. The van der Waals surface area contributed by atoms with Crippen molar-refractivity contribution in [2.75, 3.05) is 6.54 Å². The highest BCUT2D eigenvalue weighted by atomic mass is 16.1. The van der Waals surface area contributed by atoms with Gasteiger partial charge in [-0.1, -0.05) is 6.07 Å². The van der Waals surface area contributed by atoms with Crippen LogP contribution >= 0.6 is 0 Å². The van der Waals surface area contributed by atoms with Gasteiger partial charge in [0, 0.05) is 26.1 Å². The van der Waals surface area contributed by atoms with Gasteiger partial charge in [0.1, 0.15) is 5.82 Å². The van der Waals surface area contributed by atoms with Crippen LogP contribution in [0.25, 0.3) is 11.0 Å². The van der Waals surface area contributed by atoms with E-state index in [0.29, 0.717) is 19.5 Å². The number of imidazole rings is 1. The van der Waals surface area contributed by atoms with Gasteiger partial charge < -0.3 is 15.6 Å². The summed E-state index contributed by atoms with van der Waals surface area (Å²) >= 11 is 0. The van der Waals surface area contributed by atoms with Gasteiger partial charge in [-0.05, 0) is 31.5 Å². The molecule has 3 N–H and O–H groups in total. The highest BCUT2D eigenvalue weighted by Gasteiger charge is 2.07. The third-order valence-corrected chi connectivity index (χ3v) is 3.18. The minimum atomic E-state index is -0.0159. The number of rotatable bonds is 5. The standard InChI is InChI=1S/C14H20N4O/c1-3-18-10(2)17-12-8-11(4-5-13(12)18)9-16-14(19)6-7-15/h4-5,8H,3,6-7,9,15H2,1-2H3,(H,16,19). The van der Waals surface area contributed by atoms with Gasteiger partial charge in [0.15, 0.2) is 0 Å². The van der Waals surface area contributed by atoms with E-state index in [1.807, 2.05) is 19.1 Å². The van der Waals surface area contributed by atoms with Crippen molar-refractivity contribution in [2.24, 2.45) is 5.73 Å². The smallest absolute Gasteiger partial charge is 0.221 e. The van der Waals surface area contributed by atoms with E-state index in [2.05, 4.69) is 27.9 Å². The molecule has 0 spiro atoms. The first-order valence-corrected chi connectivity index (χ1v) is 6.58. The van der Waals surface area contributed by atoms with E-state index < -0.39 is 0 Å².